The van der Waals surface area contributed by atoms with Crippen LogP contribution in [-0.4, -0.2) is 11.8 Å². The largest absolute Gasteiger partial charge is 0.457 e. The maximum atomic E-state index is 12.4. The highest BCUT2D eigenvalue weighted by Gasteiger charge is 2.08. The summed E-state index contributed by atoms with van der Waals surface area (Å²) in [6.45, 7) is 1.93. The first-order chi connectivity index (χ1) is 16.4. The second-order valence-electron chi connectivity index (χ2n) is 7.53. The van der Waals surface area contributed by atoms with Gasteiger partial charge in [0.2, 0.25) is 5.91 Å². The Balaban J connectivity index is 1.38. The molecular weight excluding hydrogens is 471 g/mol. The van der Waals surface area contributed by atoms with Crippen LogP contribution >= 0.6 is 23.2 Å². The molecule has 1 aromatic heterocycles. The van der Waals surface area contributed by atoms with Crippen LogP contribution in [0.15, 0.2) is 89.4 Å². The van der Waals surface area contributed by atoms with Gasteiger partial charge in [-0.25, -0.2) is 0 Å². The highest BCUT2D eigenvalue weighted by atomic mass is 35.5. The van der Waals surface area contributed by atoms with Gasteiger partial charge in [0.15, 0.2) is 0 Å². The lowest BCUT2D eigenvalue weighted by Crippen LogP contribution is -2.12. The summed E-state index contributed by atoms with van der Waals surface area (Å²) < 4.78 is 5.80. The molecule has 0 saturated carbocycles. The first-order valence-corrected chi connectivity index (χ1v) is 11.2. The Morgan fingerprint density at radius 2 is 1.62 bits per heavy atom. The van der Waals surface area contributed by atoms with Gasteiger partial charge in [-0.05, 0) is 73.2 Å². The Kier molecular flexibility index (Phi) is 7.16. The lowest BCUT2D eigenvalue weighted by molar-refractivity contribution is -0.111. The number of halogens is 2. The Labute approximate surface area is 207 Å². The van der Waals surface area contributed by atoms with E-state index >= 15 is 0 Å². The third-order valence-electron chi connectivity index (χ3n) is 4.96. The lowest BCUT2D eigenvalue weighted by atomic mass is 10.1. The van der Waals surface area contributed by atoms with Crippen molar-refractivity contribution >= 4 is 52.5 Å². The molecule has 2 amide bonds. The van der Waals surface area contributed by atoms with E-state index in [1.165, 1.54) is 6.08 Å². The summed E-state index contributed by atoms with van der Waals surface area (Å²) in [5, 5.41) is 6.70. The Morgan fingerprint density at radius 3 is 2.38 bits per heavy atom. The molecule has 4 rings (SSSR count). The van der Waals surface area contributed by atoms with Crippen molar-refractivity contribution in [2.75, 3.05) is 10.6 Å². The van der Waals surface area contributed by atoms with E-state index in [0.29, 0.717) is 38.5 Å². The van der Waals surface area contributed by atoms with Crippen molar-refractivity contribution in [2.24, 2.45) is 0 Å². The fourth-order valence-corrected chi connectivity index (χ4v) is 3.56. The van der Waals surface area contributed by atoms with Gasteiger partial charge in [-0.2, -0.15) is 0 Å². The zero-order valence-electron chi connectivity index (χ0n) is 18.1. The third-order valence-corrected chi connectivity index (χ3v) is 5.60. The molecule has 0 fully saturated rings. The highest BCUT2D eigenvalue weighted by Crippen LogP contribution is 2.27. The molecule has 4 aromatic rings. The zero-order valence-corrected chi connectivity index (χ0v) is 19.7. The predicted molar refractivity (Wildman–Crippen MR) is 137 cm³/mol. The minimum Gasteiger partial charge on any atom is -0.457 e. The number of carbonyl (C=O) groups is 2. The van der Waals surface area contributed by atoms with E-state index in [2.05, 4.69) is 10.6 Å². The molecule has 0 aliphatic carbocycles. The van der Waals surface area contributed by atoms with E-state index in [1.807, 2.05) is 31.2 Å². The molecule has 7 heteroatoms. The van der Waals surface area contributed by atoms with Gasteiger partial charge in [0, 0.05) is 38.6 Å². The number of amides is 2. The molecule has 1 heterocycles. The summed E-state index contributed by atoms with van der Waals surface area (Å²) >= 11 is 12.1. The molecule has 2 N–H and O–H groups in total. The number of furan rings is 1. The van der Waals surface area contributed by atoms with Gasteiger partial charge < -0.3 is 15.1 Å². The SMILES string of the molecule is Cc1ccc(-c2ccc(C=CC(=O)Nc3cccc(NC(=O)c4cccc(Cl)c4)c3)o2)cc1Cl. The summed E-state index contributed by atoms with van der Waals surface area (Å²) in [6.07, 6.45) is 2.96. The standard InChI is InChI=1S/C27H20Cl2N2O3/c1-17-8-9-18(15-24(17)29)25-12-10-23(34-25)11-13-26(32)30-21-6-3-7-22(16-21)31-27(33)19-4-2-5-20(28)14-19/h2-16H,1H3,(H,30,32)(H,31,33). The van der Waals surface area contributed by atoms with Gasteiger partial charge in [-0.3, -0.25) is 9.59 Å². The molecule has 0 aliphatic heterocycles. The van der Waals surface area contributed by atoms with E-state index < -0.39 is 0 Å². The monoisotopic (exact) mass is 490 g/mol. The molecule has 3 aromatic carbocycles. The van der Waals surface area contributed by atoms with Crippen LogP contribution in [0.3, 0.4) is 0 Å². The second kappa shape index (κ2) is 10.4. The van der Waals surface area contributed by atoms with Crippen molar-refractivity contribution in [1.29, 1.82) is 0 Å². The molecule has 0 aliphatic rings. The first kappa shape index (κ1) is 23.4. The molecule has 5 nitrogen and oxygen atoms in total. The average molecular weight is 491 g/mol. The van der Waals surface area contributed by atoms with Crippen LogP contribution in [0.2, 0.25) is 10.0 Å². The fraction of sp³-hybridized carbons (Fsp3) is 0.0370. The molecule has 0 unspecified atom stereocenters. The average Bonchev–Trinajstić information content (AvgIpc) is 3.29. The van der Waals surface area contributed by atoms with E-state index in [9.17, 15) is 9.59 Å². The minimum atomic E-state index is -0.338. The van der Waals surface area contributed by atoms with Crippen molar-refractivity contribution in [2.45, 2.75) is 6.92 Å². The molecule has 0 bridgehead atoms. The maximum Gasteiger partial charge on any atom is 0.255 e. The number of carbonyl (C=O) groups excluding carboxylic acids is 2. The van der Waals surface area contributed by atoms with Crippen LogP contribution in [0.1, 0.15) is 21.7 Å². The Bertz CT molecular complexity index is 1390. The van der Waals surface area contributed by atoms with E-state index in [0.717, 1.165) is 11.1 Å². The van der Waals surface area contributed by atoms with E-state index in [1.54, 1.807) is 60.7 Å². The first-order valence-electron chi connectivity index (χ1n) is 10.4. The number of rotatable bonds is 6. The Hall–Kier alpha value is -3.80. The minimum absolute atomic E-state index is 0.297. The molecule has 0 atom stereocenters. The summed E-state index contributed by atoms with van der Waals surface area (Å²) in [7, 11) is 0. The van der Waals surface area contributed by atoms with Crippen molar-refractivity contribution in [1.82, 2.24) is 0 Å². The molecule has 34 heavy (non-hydrogen) atoms. The van der Waals surface area contributed by atoms with Crippen molar-refractivity contribution in [3.8, 4) is 11.3 Å². The summed E-state index contributed by atoms with van der Waals surface area (Å²) in [5.74, 6) is 0.554. The number of nitrogens with one attached hydrogen (secondary N) is 2. The van der Waals surface area contributed by atoms with E-state index in [4.69, 9.17) is 27.6 Å². The van der Waals surface area contributed by atoms with Gasteiger partial charge in [0.05, 0.1) is 0 Å². The van der Waals surface area contributed by atoms with Crippen LogP contribution in [-0.2, 0) is 4.79 Å². The fourth-order valence-electron chi connectivity index (χ4n) is 3.19. The number of anilines is 2. The summed E-state index contributed by atoms with van der Waals surface area (Å²) in [5.41, 5.74) is 3.36. The number of hydrogen-bond donors (Lipinski definition) is 2. The van der Waals surface area contributed by atoms with Crippen LogP contribution in [0.5, 0.6) is 0 Å². The zero-order chi connectivity index (χ0) is 24.1. The van der Waals surface area contributed by atoms with Crippen LogP contribution in [0, 0.1) is 6.92 Å². The van der Waals surface area contributed by atoms with Gasteiger partial charge in [-0.15, -0.1) is 0 Å². The maximum absolute atomic E-state index is 12.4. The smallest absolute Gasteiger partial charge is 0.255 e. The third kappa shape index (κ3) is 5.95. The van der Waals surface area contributed by atoms with Crippen LogP contribution < -0.4 is 10.6 Å². The van der Waals surface area contributed by atoms with Crippen LogP contribution in [0.25, 0.3) is 17.4 Å². The van der Waals surface area contributed by atoms with Gasteiger partial charge >= 0.3 is 0 Å². The van der Waals surface area contributed by atoms with E-state index in [-0.39, 0.29) is 11.8 Å². The predicted octanol–water partition coefficient (Wildman–Crippen LogP) is 7.47. The topological polar surface area (TPSA) is 71.3 Å². The van der Waals surface area contributed by atoms with Gasteiger partial charge in [-0.1, -0.05) is 47.5 Å². The molecular formula is C27H20Cl2N2O3. The Morgan fingerprint density at radius 1 is 0.853 bits per heavy atom. The summed E-state index contributed by atoms with van der Waals surface area (Å²) in [6, 6.07) is 22.8. The van der Waals surface area contributed by atoms with Crippen molar-refractivity contribution < 1.29 is 14.0 Å². The quantitative estimate of drug-likeness (QED) is 0.275. The summed E-state index contributed by atoms with van der Waals surface area (Å²) in [4.78, 5) is 24.8. The molecule has 0 saturated heterocycles. The van der Waals surface area contributed by atoms with Gasteiger partial charge in [0.1, 0.15) is 11.5 Å². The lowest BCUT2D eigenvalue weighted by Gasteiger charge is -2.08. The number of aryl methyl sites for hydroxylation is 1. The van der Waals surface area contributed by atoms with Crippen LogP contribution in [0.4, 0.5) is 11.4 Å². The molecule has 0 radical (unpaired) electrons. The van der Waals surface area contributed by atoms with Crippen molar-refractivity contribution in [3.05, 3.63) is 112 Å². The second-order valence-corrected chi connectivity index (χ2v) is 8.38. The molecule has 0 spiro atoms. The number of hydrogen-bond acceptors (Lipinski definition) is 3. The van der Waals surface area contributed by atoms with Crippen molar-refractivity contribution in [3.63, 3.8) is 0 Å². The normalized spacial score (nSPS) is 10.9. The number of benzene rings is 3. The van der Waals surface area contributed by atoms with Gasteiger partial charge in [0.25, 0.3) is 5.91 Å². The molecule has 170 valence electrons. The highest BCUT2D eigenvalue weighted by molar-refractivity contribution is 6.31.